The minimum Gasteiger partial charge on any atom is -0.490 e. The predicted octanol–water partition coefficient (Wildman–Crippen LogP) is 5.57. The maximum Gasteiger partial charge on any atom is 0.265 e. The molecule has 0 aliphatic carbocycles. The van der Waals surface area contributed by atoms with Crippen molar-refractivity contribution in [3.05, 3.63) is 62.5 Å². The van der Waals surface area contributed by atoms with Crippen LogP contribution in [-0.2, 0) is 11.4 Å². The Morgan fingerprint density at radius 3 is 2.64 bits per heavy atom. The third kappa shape index (κ3) is 4.59. The Hall–Kier alpha value is -1.83. The Balaban J connectivity index is 1.89. The van der Waals surface area contributed by atoms with Gasteiger partial charge in [-0.25, -0.2) is 0 Å². The molecule has 0 N–H and O–H groups in total. The molecule has 0 aromatic heterocycles. The van der Waals surface area contributed by atoms with Crippen LogP contribution >= 0.6 is 39.9 Å². The summed E-state index contributed by atoms with van der Waals surface area (Å²) >= 11 is 10.1. The van der Waals surface area contributed by atoms with Crippen molar-refractivity contribution < 1.29 is 14.3 Å². The fourth-order valence-corrected chi connectivity index (χ4v) is 4.45. The molecule has 0 unspecified atom stereocenters. The van der Waals surface area contributed by atoms with Crippen molar-refractivity contribution in [2.45, 2.75) is 20.5 Å². The average Bonchev–Trinajstić information content (AvgIpc) is 2.89. The van der Waals surface area contributed by atoms with E-state index in [1.54, 1.807) is 7.05 Å². The highest BCUT2D eigenvalue weighted by molar-refractivity contribution is 9.10. The lowest BCUT2D eigenvalue weighted by atomic mass is 10.1. The number of halogens is 1. The minimum absolute atomic E-state index is 0.0936. The smallest absolute Gasteiger partial charge is 0.265 e. The van der Waals surface area contributed by atoms with E-state index in [-0.39, 0.29) is 5.91 Å². The molecule has 1 aliphatic rings. The molecule has 0 atom stereocenters. The van der Waals surface area contributed by atoms with Crippen LogP contribution in [0.25, 0.3) is 6.08 Å². The van der Waals surface area contributed by atoms with Crippen molar-refractivity contribution >= 4 is 56.2 Å². The highest BCUT2D eigenvalue weighted by Gasteiger charge is 2.28. The van der Waals surface area contributed by atoms with Crippen molar-refractivity contribution in [1.82, 2.24) is 4.90 Å². The van der Waals surface area contributed by atoms with E-state index in [1.165, 1.54) is 22.2 Å². The molecule has 1 heterocycles. The van der Waals surface area contributed by atoms with Gasteiger partial charge in [-0.3, -0.25) is 9.69 Å². The molecule has 4 nitrogen and oxygen atoms in total. The molecule has 28 heavy (non-hydrogen) atoms. The van der Waals surface area contributed by atoms with Crippen LogP contribution in [0.3, 0.4) is 0 Å². The molecular formula is C21H20BrNO3S2. The molecule has 3 rings (SSSR count). The highest BCUT2D eigenvalue weighted by Crippen LogP contribution is 2.39. The molecule has 0 radical (unpaired) electrons. The van der Waals surface area contributed by atoms with Crippen LogP contribution in [0, 0.1) is 6.92 Å². The number of carbonyl (C=O) groups is 1. The second-order valence-corrected chi connectivity index (χ2v) is 8.75. The Labute approximate surface area is 183 Å². The molecule has 2 aromatic rings. The number of hydrogen-bond acceptors (Lipinski definition) is 5. The first kappa shape index (κ1) is 20.9. The van der Waals surface area contributed by atoms with Gasteiger partial charge in [0.1, 0.15) is 10.9 Å². The van der Waals surface area contributed by atoms with Gasteiger partial charge in [0.25, 0.3) is 5.91 Å². The maximum absolute atomic E-state index is 12.3. The molecule has 1 aliphatic heterocycles. The molecule has 1 amide bonds. The van der Waals surface area contributed by atoms with Crippen LogP contribution in [-0.4, -0.2) is 28.8 Å². The summed E-state index contributed by atoms with van der Waals surface area (Å²) in [5.41, 5.74) is 3.13. The van der Waals surface area contributed by atoms with Crippen LogP contribution in [0.4, 0.5) is 0 Å². The van der Waals surface area contributed by atoms with Gasteiger partial charge in [-0.15, -0.1) is 0 Å². The number of likely N-dealkylation sites (N-methyl/N-ethyl adjacent to an activating group) is 1. The van der Waals surface area contributed by atoms with Gasteiger partial charge in [0.15, 0.2) is 11.5 Å². The first-order valence-electron chi connectivity index (χ1n) is 8.76. The SMILES string of the molecule is CCOc1cc(C=C2SC(=S)N(C)C2=O)cc(Br)c1OCc1ccccc1C. The summed E-state index contributed by atoms with van der Waals surface area (Å²) < 4.78 is 13.2. The zero-order valence-corrected chi connectivity index (χ0v) is 19.0. The fraction of sp³-hybridized carbons (Fsp3) is 0.238. The van der Waals surface area contributed by atoms with E-state index in [1.807, 2.05) is 43.3 Å². The van der Waals surface area contributed by atoms with Crippen molar-refractivity contribution in [3.8, 4) is 11.5 Å². The number of thiocarbonyl (C=S) groups is 1. The van der Waals surface area contributed by atoms with Gasteiger partial charge in [-0.05, 0) is 64.7 Å². The fourth-order valence-electron chi connectivity index (χ4n) is 2.69. The molecule has 0 spiro atoms. The first-order valence-corrected chi connectivity index (χ1v) is 10.8. The summed E-state index contributed by atoms with van der Waals surface area (Å²) in [6, 6.07) is 11.9. The molecule has 7 heteroatoms. The van der Waals surface area contributed by atoms with Gasteiger partial charge in [-0.1, -0.05) is 48.2 Å². The Morgan fingerprint density at radius 2 is 2.00 bits per heavy atom. The second kappa shape index (κ2) is 9.11. The lowest BCUT2D eigenvalue weighted by molar-refractivity contribution is -0.121. The number of ether oxygens (including phenoxy) is 2. The monoisotopic (exact) mass is 477 g/mol. The summed E-state index contributed by atoms with van der Waals surface area (Å²) in [5.74, 6) is 1.18. The van der Waals surface area contributed by atoms with E-state index in [0.29, 0.717) is 33.9 Å². The molecule has 2 aromatic carbocycles. The van der Waals surface area contributed by atoms with Crippen molar-refractivity contribution in [1.29, 1.82) is 0 Å². The van der Waals surface area contributed by atoms with Crippen molar-refractivity contribution in [2.75, 3.05) is 13.7 Å². The van der Waals surface area contributed by atoms with Gasteiger partial charge in [0, 0.05) is 7.05 Å². The Bertz CT molecular complexity index is 959. The van der Waals surface area contributed by atoms with E-state index in [4.69, 9.17) is 21.7 Å². The summed E-state index contributed by atoms with van der Waals surface area (Å²) in [6.07, 6.45) is 1.82. The van der Waals surface area contributed by atoms with Crippen LogP contribution in [0.2, 0.25) is 0 Å². The molecule has 0 saturated carbocycles. The summed E-state index contributed by atoms with van der Waals surface area (Å²) in [4.78, 5) is 14.3. The first-order chi connectivity index (χ1) is 13.4. The normalized spacial score (nSPS) is 15.4. The summed E-state index contributed by atoms with van der Waals surface area (Å²) in [5, 5.41) is 0. The molecular weight excluding hydrogens is 458 g/mol. The van der Waals surface area contributed by atoms with Gasteiger partial charge in [0.05, 0.1) is 16.0 Å². The molecule has 0 bridgehead atoms. The van der Waals surface area contributed by atoms with Gasteiger partial charge < -0.3 is 9.47 Å². The molecule has 1 fully saturated rings. The average molecular weight is 478 g/mol. The number of amides is 1. The maximum atomic E-state index is 12.3. The minimum atomic E-state index is -0.0936. The molecule has 146 valence electrons. The Kier molecular flexibility index (Phi) is 6.80. The lowest BCUT2D eigenvalue weighted by Crippen LogP contribution is -2.22. The summed E-state index contributed by atoms with van der Waals surface area (Å²) in [6.45, 7) is 4.94. The number of rotatable bonds is 6. The van der Waals surface area contributed by atoms with Gasteiger partial charge in [0.2, 0.25) is 0 Å². The van der Waals surface area contributed by atoms with Crippen molar-refractivity contribution in [2.24, 2.45) is 0 Å². The van der Waals surface area contributed by atoms with E-state index in [2.05, 4.69) is 28.9 Å². The largest absolute Gasteiger partial charge is 0.490 e. The van der Waals surface area contributed by atoms with Gasteiger partial charge in [-0.2, -0.15) is 0 Å². The lowest BCUT2D eigenvalue weighted by Gasteiger charge is -2.15. The zero-order valence-electron chi connectivity index (χ0n) is 15.8. The number of hydrogen-bond donors (Lipinski definition) is 0. The number of aryl methyl sites for hydroxylation is 1. The summed E-state index contributed by atoms with van der Waals surface area (Å²) in [7, 11) is 1.68. The quantitative estimate of drug-likeness (QED) is 0.401. The van der Waals surface area contributed by atoms with Crippen LogP contribution in [0.15, 0.2) is 45.8 Å². The van der Waals surface area contributed by atoms with E-state index in [9.17, 15) is 4.79 Å². The second-order valence-electron chi connectivity index (χ2n) is 6.22. The van der Waals surface area contributed by atoms with Gasteiger partial charge >= 0.3 is 0 Å². The van der Waals surface area contributed by atoms with E-state index >= 15 is 0 Å². The van der Waals surface area contributed by atoms with E-state index in [0.717, 1.165) is 15.6 Å². The topological polar surface area (TPSA) is 38.8 Å². The predicted molar refractivity (Wildman–Crippen MR) is 122 cm³/mol. The third-order valence-corrected chi connectivity index (χ3v) is 6.32. The number of carbonyl (C=O) groups excluding carboxylic acids is 1. The van der Waals surface area contributed by atoms with E-state index < -0.39 is 0 Å². The number of nitrogens with zero attached hydrogens (tertiary/aromatic N) is 1. The van der Waals surface area contributed by atoms with Crippen LogP contribution in [0.5, 0.6) is 11.5 Å². The zero-order chi connectivity index (χ0) is 20.3. The number of benzene rings is 2. The highest BCUT2D eigenvalue weighted by atomic mass is 79.9. The number of thioether (sulfide) groups is 1. The standard InChI is InChI=1S/C21H20BrNO3S2/c1-4-25-17-10-14(11-18-20(24)23(3)21(27)28-18)9-16(22)19(17)26-12-15-8-6-5-7-13(15)2/h5-11H,4,12H2,1-3H3. The van der Waals surface area contributed by atoms with Crippen LogP contribution in [0.1, 0.15) is 23.6 Å². The molecule has 1 saturated heterocycles. The van der Waals surface area contributed by atoms with Crippen molar-refractivity contribution in [3.63, 3.8) is 0 Å². The Morgan fingerprint density at radius 1 is 1.25 bits per heavy atom. The third-order valence-electron chi connectivity index (χ3n) is 4.25. The van der Waals surface area contributed by atoms with Crippen LogP contribution < -0.4 is 9.47 Å².